The highest BCUT2D eigenvalue weighted by Crippen LogP contribution is 2.07. The number of amides is 3. The monoisotopic (exact) mass is 514 g/mol. The van der Waals surface area contributed by atoms with E-state index in [0.717, 1.165) is 5.56 Å². The van der Waals surface area contributed by atoms with Crippen LogP contribution in [0.25, 0.3) is 0 Å². The molecule has 37 heavy (non-hydrogen) atoms. The number of nitrogens with one attached hydrogen (secondary N) is 3. The van der Waals surface area contributed by atoms with Crippen LogP contribution in [0.3, 0.4) is 0 Å². The molecule has 0 aliphatic rings. The van der Waals surface area contributed by atoms with Crippen molar-refractivity contribution in [1.29, 1.82) is 0 Å². The molecule has 0 bridgehead atoms. The first-order valence-corrected chi connectivity index (χ1v) is 11.4. The number of aliphatic carboxylic acids is 2. The average Bonchev–Trinajstić information content (AvgIpc) is 2.86. The van der Waals surface area contributed by atoms with E-state index in [4.69, 9.17) is 10.8 Å². The highest BCUT2D eigenvalue weighted by Gasteiger charge is 2.31. The van der Waals surface area contributed by atoms with Gasteiger partial charge in [-0.05, 0) is 17.5 Å². The lowest BCUT2D eigenvalue weighted by atomic mass is 10.0. The molecule has 0 aliphatic heterocycles. The molecule has 2 rings (SSSR count). The molecule has 12 heteroatoms. The first-order valence-electron chi connectivity index (χ1n) is 11.4. The predicted octanol–water partition coefficient (Wildman–Crippen LogP) is -1.19. The Labute approximate surface area is 212 Å². The van der Waals surface area contributed by atoms with Gasteiger partial charge in [-0.1, -0.05) is 60.7 Å². The van der Waals surface area contributed by atoms with Gasteiger partial charge in [0.25, 0.3) is 0 Å². The van der Waals surface area contributed by atoms with Gasteiger partial charge in [0.1, 0.15) is 18.1 Å². The summed E-state index contributed by atoms with van der Waals surface area (Å²) in [5, 5.41) is 34.5. The van der Waals surface area contributed by atoms with Crippen molar-refractivity contribution in [3.05, 3.63) is 71.8 Å². The van der Waals surface area contributed by atoms with Crippen LogP contribution in [-0.4, -0.2) is 75.8 Å². The lowest BCUT2D eigenvalue weighted by Gasteiger charge is -2.24. The smallest absolute Gasteiger partial charge is 0.328 e. The van der Waals surface area contributed by atoms with Crippen LogP contribution >= 0.6 is 0 Å². The van der Waals surface area contributed by atoms with E-state index in [-0.39, 0.29) is 12.8 Å². The van der Waals surface area contributed by atoms with Crippen molar-refractivity contribution in [2.24, 2.45) is 5.73 Å². The zero-order valence-corrected chi connectivity index (χ0v) is 19.9. The molecule has 0 saturated carbocycles. The number of carbonyl (C=O) groups is 5. The second kappa shape index (κ2) is 14.3. The molecule has 4 atom stereocenters. The Hall–Kier alpha value is -4.29. The van der Waals surface area contributed by atoms with Crippen LogP contribution in [0.2, 0.25) is 0 Å². The fourth-order valence-electron chi connectivity index (χ4n) is 3.41. The summed E-state index contributed by atoms with van der Waals surface area (Å²) in [7, 11) is 0. The van der Waals surface area contributed by atoms with E-state index in [1.54, 1.807) is 60.7 Å². The number of carbonyl (C=O) groups excluding carboxylic acids is 3. The number of hydrogen-bond donors (Lipinski definition) is 7. The van der Waals surface area contributed by atoms with Crippen molar-refractivity contribution in [3.63, 3.8) is 0 Å². The van der Waals surface area contributed by atoms with Gasteiger partial charge in [0.15, 0.2) is 0 Å². The van der Waals surface area contributed by atoms with Crippen molar-refractivity contribution in [2.75, 3.05) is 6.61 Å². The number of carboxylic acid groups (broad SMARTS) is 2. The molecular formula is C25H30N4O8. The average molecular weight is 515 g/mol. The summed E-state index contributed by atoms with van der Waals surface area (Å²) in [5.41, 5.74) is 7.32. The molecule has 12 nitrogen and oxygen atoms in total. The Balaban J connectivity index is 2.18. The van der Waals surface area contributed by atoms with E-state index in [0.29, 0.717) is 5.56 Å². The third kappa shape index (κ3) is 9.70. The number of rotatable bonds is 14. The largest absolute Gasteiger partial charge is 0.481 e. The second-order valence-electron chi connectivity index (χ2n) is 8.29. The molecule has 4 unspecified atom stereocenters. The first-order chi connectivity index (χ1) is 17.6. The van der Waals surface area contributed by atoms with Crippen molar-refractivity contribution in [2.45, 2.75) is 43.4 Å². The molecule has 0 aliphatic carbocycles. The molecule has 0 fully saturated rings. The molecule has 2 aromatic rings. The maximum atomic E-state index is 13.0. The first kappa shape index (κ1) is 28.9. The van der Waals surface area contributed by atoms with Crippen molar-refractivity contribution in [3.8, 4) is 0 Å². The summed E-state index contributed by atoms with van der Waals surface area (Å²) < 4.78 is 0. The Morgan fingerprint density at radius 2 is 1.14 bits per heavy atom. The number of aliphatic hydroxyl groups excluding tert-OH is 1. The molecule has 0 aromatic heterocycles. The van der Waals surface area contributed by atoms with Gasteiger partial charge in [-0.15, -0.1) is 0 Å². The maximum absolute atomic E-state index is 13.0. The highest BCUT2D eigenvalue weighted by molar-refractivity contribution is 5.95. The standard InChI is InChI=1S/C25H30N4O8/c26-17(11-15-7-3-1-4-8-15)22(33)27-19(13-21(31)32)24(35)28-18(12-16-9-5-2-6-10-16)23(34)29-20(14-30)25(36)37/h1-10,17-20,30H,11-14,26H2,(H,27,33)(H,28,35)(H,29,34)(H,31,32)(H,36,37). The molecular weight excluding hydrogens is 484 g/mol. The Morgan fingerprint density at radius 3 is 1.62 bits per heavy atom. The fraction of sp³-hybridized carbons (Fsp3) is 0.320. The summed E-state index contributed by atoms with van der Waals surface area (Å²) in [6.45, 7) is -0.885. The summed E-state index contributed by atoms with van der Waals surface area (Å²) >= 11 is 0. The van der Waals surface area contributed by atoms with E-state index in [9.17, 15) is 34.2 Å². The molecule has 2 aromatic carbocycles. The lowest BCUT2D eigenvalue weighted by molar-refractivity contribution is -0.144. The van der Waals surface area contributed by atoms with Gasteiger partial charge in [0.2, 0.25) is 17.7 Å². The normalized spacial score (nSPS) is 13.9. The molecule has 8 N–H and O–H groups in total. The van der Waals surface area contributed by atoms with Gasteiger partial charge >= 0.3 is 11.9 Å². The maximum Gasteiger partial charge on any atom is 0.328 e. The number of nitrogens with two attached hydrogens (primary N) is 1. The summed E-state index contributed by atoms with van der Waals surface area (Å²) in [6.07, 6.45) is -0.716. The van der Waals surface area contributed by atoms with E-state index >= 15 is 0 Å². The van der Waals surface area contributed by atoms with Crippen LogP contribution in [-0.2, 0) is 36.8 Å². The zero-order chi connectivity index (χ0) is 27.4. The minimum absolute atomic E-state index is 0.0720. The van der Waals surface area contributed by atoms with Gasteiger partial charge in [0, 0.05) is 6.42 Å². The van der Waals surface area contributed by atoms with Gasteiger partial charge in [-0.25, -0.2) is 4.79 Å². The Bertz CT molecular complexity index is 1080. The van der Waals surface area contributed by atoms with Crippen LogP contribution in [0.4, 0.5) is 0 Å². The van der Waals surface area contributed by atoms with Crippen molar-refractivity contribution in [1.82, 2.24) is 16.0 Å². The number of aliphatic hydroxyl groups is 1. The van der Waals surface area contributed by atoms with Crippen LogP contribution in [0.15, 0.2) is 60.7 Å². The third-order valence-corrected chi connectivity index (χ3v) is 5.36. The minimum atomic E-state index is -1.62. The van der Waals surface area contributed by atoms with Crippen molar-refractivity contribution >= 4 is 29.7 Å². The van der Waals surface area contributed by atoms with Gasteiger partial charge in [-0.2, -0.15) is 0 Å². The third-order valence-electron chi connectivity index (χ3n) is 5.36. The Kier molecular flexibility index (Phi) is 11.2. The topological polar surface area (TPSA) is 208 Å². The van der Waals surface area contributed by atoms with Gasteiger partial charge in [-0.3, -0.25) is 19.2 Å². The molecule has 3 amide bonds. The lowest BCUT2D eigenvalue weighted by Crippen LogP contribution is -2.58. The molecule has 0 heterocycles. The van der Waals surface area contributed by atoms with E-state index in [1.165, 1.54) is 0 Å². The van der Waals surface area contributed by atoms with E-state index < -0.39 is 66.9 Å². The summed E-state index contributed by atoms with van der Waals surface area (Å²) in [5.74, 6) is -5.52. The van der Waals surface area contributed by atoms with E-state index in [1.807, 2.05) is 0 Å². The predicted molar refractivity (Wildman–Crippen MR) is 131 cm³/mol. The SMILES string of the molecule is NC(Cc1ccccc1)C(=O)NC(CC(=O)O)C(=O)NC(Cc1ccccc1)C(=O)NC(CO)C(=O)O. The van der Waals surface area contributed by atoms with E-state index in [2.05, 4.69) is 16.0 Å². The van der Waals surface area contributed by atoms with Crippen molar-refractivity contribution < 1.29 is 39.3 Å². The van der Waals surface area contributed by atoms with Crippen LogP contribution in [0.1, 0.15) is 17.5 Å². The quantitative estimate of drug-likeness (QED) is 0.161. The number of hydrogen-bond acceptors (Lipinski definition) is 7. The zero-order valence-electron chi connectivity index (χ0n) is 19.9. The molecule has 198 valence electrons. The molecule has 0 spiro atoms. The van der Waals surface area contributed by atoms with Crippen LogP contribution in [0, 0.1) is 0 Å². The number of carboxylic acids is 2. The molecule has 0 radical (unpaired) electrons. The minimum Gasteiger partial charge on any atom is -0.481 e. The summed E-state index contributed by atoms with van der Waals surface area (Å²) in [4.78, 5) is 61.1. The molecule has 0 saturated heterocycles. The Morgan fingerprint density at radius 1 is 0.676 bits per heavy atom. The number of benzene rings is 2. The second-order valence-corrected chi connectivity index (χ2v) is 8.29. The fourth-order valence-corrected chi connectivity index (χ4v) is 3.41. The van der Waals surface area contributed by atoms with Gasteiger partial charge < -0.3 is 37.0 Å². The van der Waals surface area contributed by atoms with Gasteiger partial charge in [0.05, 0.1) is 19.1 Å². The van der Waals surface area contributed by atoms with Crippen LogP contribution < -0.4 is 21.7 Å². The highest BCUT2D eigenvalue weighted by atomic mass is 16.4. The van der Waals surface area contributed by atoms with Crippen LogP contribution in [0.5, 0.6) is 0 Å². The summed E-state index contributed by atoms with van der Waals surface area (Å²) in [6, 6.07) is 11.7.